The Balaban J connectivity index is 2.31. The topological polar surface area (TPSA) is 78.9 Å². The van der Waals surface area contributed by atoms with Gasteiger partial charge in [-0.15, -0.1) is 11.8 Å². The van der Waals surface area contributed by atoms with E-state index in [9.17, 15) is 4.79 Å². The zero-order chi connectivity index (χ0) is 12.9. The highest BCUT2D eigenvalue weighted by molar-refractivity contribution is 8.00. The average molecular weight is 255 g/mol. The van der Waals surface area contributed by atoms with Gasteiger partial charge in [0.25, 0.3) is 0 Å². The molecule has 96 valence electrons. The van der Waals surface area contributed by atoms with Crippen LogP contribution in [0.2, 0.25) is 0 Å². The molecular weight excluding hydrogens is 234 g/mol. The number of rotatable bonds is 7. The number of nitrogens with zero attached hydrogens (tertiary/aromatic N) is 1. The van der Waals surface area contributed by atoms with Gasteiger partial charge in [0, 0.05) is 5.25 Å². The van der Waals surface area contributed by atoms with Crippen molar-refractivity contribution in [1.29, 1.82) is 5.26 Å². The molecule has 0 aromatic rings. The number of carbonyl (C=O) groups excluding carboxylic acids is 1. The molecule has 0 bridgehead atoms. The molecule has 1 amide bonds. The fraction of sp³-hybridized carbons (Fsp3) is 0.833. The van der Waals surface area contributed by atoms with E-state index in [1.165, 1.54) is 0 Å². The summed E-state index contributed by atoms with van der Waals surface area (Å²) in [6.45, 7) is 4.53. The summed E-state index contributed by atoms with van der Waals surface area (Å²) in [6.07, 6.45) is 3.00. The molecule has 0 saturated heterocycles. The Morgan fingerprint density at radius 1 is 1.71 bits per heavy atom. The minimum Gasteiger partial charge on any atom is -0.337 e. The predicted octanol–water partition coefficient (Wildman–Crippen LogP) is 1.27. The Morgan fingerprint density at radius 2 is 2.35 bits per heavy atom. The SMILES string of the molecule is CC(CCN)SCC(=O)NC(C)(C#N)C1CC1. The van der Waals surface area contributed by atoms with Crippen LogP contribution in [0.15, 0.2) is 0 Å². The first kappa shape index (κ1) is 14.3. The van der Waals surface area contributed by atoms with E-state index in [4.69, 9.17) is 11.0 Å². The molecule has 2 atom stereocenters. The molecule has 5 heteroatoms. The standard InChI is InChI=1S/C12H21N3OS/c1-9(5-6-13)17-7-11(16)15-12(2,8-14)10-3-4-10/h9-10H,3-7,13H2,1-2H3,(H,15,16). The Bertz CT molecular complexity index is 311. The zero-order valence-corrected chi connectivity index (χ0v) is 11.3. The molecule has 0 spiro atoms. The molecule has 1 aliphatic carbocycles. The van der Waals surface area contributed by atoms with E-state index in [-0.39, 0.29) is 5.91 Å². The third kappa shape index (κ3) is 4.57. The second kappa shape index (κ2) is 6.27. The fourth-order valence-corrected chi connectivity index (χ4v) is 2.55. The maximum absolute atomic E-state index is 11.7. The zero-order valence-electron chi connectivity index (χ0n) is 10.5. The Hall–Kier alpha value is -0.730. The van der Waals surface area contributed by atoms with E-state index in [1.807, 2.05) is 6.92 Å². The normalized spacial score (nSPS) is 20.1. The highest BCUT2D eigenvalue weighted by Gasteiger charge is 2.42. The molecule has 1 rings (SSSR count). The summed E-state index contributed by atoms with van der Waals surface area (Å²) in [5.41, 5.74) is 4.78. The van der Waals surface area contributed by atoms with Gasteiger partial charge in [-0.05, 0) is 38.6 Å². The van der Waals surface area contributed by atoms with Gasteiger partial charge < -0.3 is 11.1 Å². The Kier molecular flexibility index (Phi) is 5.29. The lowest BCUT2D eigenvalue weighted by Gasteiger charge is -2.23. The largest absolute Gasteiger partial charge is 0.337 e. The second-order valence-corrected chi connectivity index (χ2v) is 6.26. The number of thioether (sulfide) groups is 1. The third-order valence-corrected chi connectivity index (χ3v) is 4.33. The number of nitriles is 1. The van der Waals surface area contributed by atoms with E-state index < -0.39 is 5.54 Å². The van der Waals surface area contributed by atoms with Crippen LogP contribution < -0.4 is 11.1 Å². The fourth-order valence-electron chi connectivity index (χ4n) is 1.74. The van der Waals surface area contributed by atoms with Crippen molar-refractivity contribution in [2.24, 2.45) is 11.7 Å². The van der Waals surface area contributed by atoms with Crippen molar-refractivity contribution in [3.8, 4) is 6.07 Å². The number of hydrogen-bond acceptors (Lipinski definition) is 4. The highest BCUT2D eigenvalue weighted by atomic mass is 32.2. The van der Waals surface area contributed by atoms with E-state index in [0.717, 1.165) is 19.3 Å². The average Bonchev–Trinajstić information content (AvgIpc) is 3.10. The van der Waals surface area contributed by atoms with Gasteiger partial charge >= 0.3 is 0 Å². The van der Waals surface area contributed by atoms with Gasteiger partial charge in [0.1, 0.15) is 5.54 Å². The van der Waals surface area contributed by atoms with E-state index in [0.29, 0.717) is 23.5 Å². The molecule has 3 N–H and O–H groups in total. The second-order valence-electron chi connectivity index (χ2n) is 4.84. The molecule has 0 aromatic heterocycles. The first-order valence-electron chi connectivity index (χ1n) is 6.05. The van der Waals surface area contributed by atoms with Crippen LogP contribution in [-0.2, 0) is 4.79 Å². The lowest BCUT2D eigenvalue weighted by molar-refractivity contribution is -0.119. The predicted molar refractivity (Wildman–Crippen MR) is 70.5 cm³/mol. The van der Waals surface area contributed by atoms with Crippen LogP contribution in [0.4, 0.5) is 0 Å². The van der Waals surface area contributed by atoms with Crippen LogP contribution in [0.1, 0.15) is 33.1 Å². The first-order chi connectivity index (χ1) is 8.01. The number of carbonyl (C=O) groups is 1. The number of amides is 1. The molecule has 4 nitrogen and oxygen atoms in total. The van der Waals surface area contributed by atoms with Crippen LogP contribution in [0.25, 0.3) is 0 Å². The van der Waals surface area contributed by atoms with Gasteiger partial charge in [0.05, 0.1) is 11.8 Å². The van der Waals surface area contributed by atoms with Gasteiger partial charge in [-0.1, -0.05) is 6.92 Å². The maximum atomic E-state index is 11.7. The smallest absolute Gasteiger partial charge is 0.231 e. The van der Waals surface area contributed by atoms with Crippen molar-refractivity contribution in [3.05, 3.63) is 0 Å². The van der Waals surface area contributed by atoms with Crippen molar-refractivity contribution in [3.63, 3.8) is 0 Å². The summed E-state index contributed by atoms with van der Waals surface area (Å²) >= 11 is 1.59. The first-order valence-corrected chi connectivity index (χ1v) is 7.10. The summed E-state index contributed by atoms with van der Waals surface area (Å²) in [5, 5.41) is 12.4. The van der Waals surface area contributed by atoms with Gasteiger partial charge in [-0.25, -0.2) is 0 Å². The van der Waals surface area contributed by atoms with Crippen LogP contribution in [0.5, 0.6) is 0 Å². The van der Waals surface area contributed by atoms with Gasteiger partial charge in [-0.3, -0.25) is 4.79 Å². The molecule has 2 unspecified atom stereocenters. The molecule has 0 aromatic carbocycles. The molecule has 0 heterocycles. The number of hydrogen-bond donors (Lipinski definition) is 2. The van der Waals surface area contributed by atoms with E-state index in [1.54, 1.807) is 11.8 Å². The van der Waals surface area contributed by atoms with Gasteiger partial charge in [0.15, 0.2) is 0 Å². The summed E-state index contributed by atoms with van der Waals surface area (Å²) in [7, 11) is 0. The molecular formula is C12H21N3OS. The molecule has 0 radical (unpaired) electrons. The van der Waals surface area contributed by atoms with Crippen LogP contribution in [0.3, 0.4) is 0 Å². The summed E-state index contributed by atoms with van der Waals surface area (Å²) in [5.74, 6) is 0.697. The third-order valence-electron chi connectivity index (χ3n) is 3.10. The van der Waals surface area contributed by atoms with Crippen molar-refractivity contribution < 1.29 is 4.79 Å². The summed E-state index contributed by atoms with van der Waals surface area (Å²) in [6, 6.07) is 2.22. The van der Waals surface area contributed by atoms with Gasteiger partial charge in [0.2, 0.25) is 5.91 Å². The highest BCUT2D eigenvalue weighted by Crippen LogP contribution is 2.39. The monoisotopic (exact) mass is 255 g/mol. The molecule has 1 fully saturated rings. The van der Waals surface area contributed by atoms with Crippen LogP contribution >= 0.6 is 11.8 Å². The van der Waals surface area contributed by atoms with Crippen molar-refractivity contribution >= 4 is 17.7 Å². The summed E-state index contributed by atoms with van der Waals surface area (Å²) in [4.78, 5) is 11.7. The Morgan fingerprint density at radius 3 is 2.82 bits per heavy atom. The molecule has 0 aliphatic heterocycles. The number of nitrogens with two attached hydrogens (primary N) is 1. The summed E-state index contributed by atoms with van der Waals surface area (Å²) < 4.78 is 0. The Labute approximate surface area is 107 Å². The molecule has 17 heavy (non-hydrogen) atoms. The lowest BCUT2D eigenvalue weighted by Crippen LogP contribution is -2.47. The van der Waals surface area contributed by atoms with E-state index >= 15 is 0 Å². The van der Waals surface area contributed by atoms with Crippen molar-refractivity contribution in [1.82, 2.24) is 5.32 Å². The quantitative estimate of drug-likeness (QED) is 0.718. The number of nitrogens with one attached hydrogen (secondary N) is 1. The maximum Gasteiger partial charge on any atom is 0.231 e. The van der Waals surface area contributed by atoms with Gasteiger partial charge in [-0.2, -0.15) is 5.26 Å². The lowest BCUT2D eigenvalue weighted by atomic mass is 9.98. The van der Waals surface area contributed by atoms with Crippen molar-refractivity contribution in [2.75, 3.05) is 12.3 Å². The molecule has 1 aliphatic rings. The van der Waals surface area contributed by atoms with Crippen LogP contribution in [-0.4, -0.2) is 29.0 Å². The van der Waals surface area contributed by atoms with Crippen molar-refractivity contribution in [2.45, 2.75) is 43.9 Å². The van der Waals surface area contributed by atoms with E-state index in [2.05, 4.69) is 18.3 Å². The van der Waals surface area contributed by atoms with Crippen LogP contribution in [0, 0.1) is 17.2 Å². The minimum atomic E-state index is -0.672. The molecule has 1 saturated carbocycles. The minimum absolute atomic E-state index is 0.0465.